The Bertz CT molecular complexity index is 420. The molecule has 1 N–H and O–H groups in total. The minimum absolute atomic E-state index is 0.253. The third-order valence-corrected chi connectivity index (χ3v) is 3.56. The molecule has 1 aliphatic rings. The van der Waals surface area contributed by atoms with Gasteiger partial charge in [0.05, 0.1) is 19.6 Å². The van der Waals surface area contributed by atoms with Gasteiger partial charge in [0.15, 0.2) is 0 Å². The number of piperidine rings is 1. The Hall–Kier alpha value is -1.16. The number of alkyl halides is 2. The number of hydrogen-bond acceptors (Lipinski definition) is 2. The summed E-state index contributed by atoms with van der Waals surface area (Å²) >= 11 is 0. The molecule has 1 atom stereocenters. The third kappa shape index (κ3) is 2.48. The van der Waals surface area contributed by atoms with Gasteiger partial charge < -0.3 is 10.1 Å². The van der Waals surface area contributed by atoms with Crippen LogP contribution in [0.25, 0.3) is 0 Å². The SMILES string of the molecule is CCc1ccc(OC)c(C2CCNCC2(F)F)c1. The Labute approximate surface area is 106 Å². The van der Waals surface area contributed by atoms with Gasteiger partial charge in [-0.05, 0) is 31.0 Å². The van der Waals surface area contributed by atoms with E-state index in [1.807, 2.05) is 19.1 Å². The first-order chi connectivity index (χ1) is 8.58. The standard InChI is InChI=1S/C14H19F2NO/c1-3-10-4-5-13(18-2)11(8-10)12-6-7-17-9-14(12,15)16/h4-5,8,12,17H,3,6-7,9H2,1-2H3. The zero-order valence-corrected chi connectivity index (χ0v) is 10.8. The van der Waals surface area contributed by atoms with Crippen LogP contribution >= 0.6 is 0 Å². The van der Waals surface area contributed by atoms with Crippen LogP contribution in [0.5, 0.6) is 5.75 Å². The number of aryl methyl sites for hydroxylation is 1. The van der Waals surface area contributed by atoms with Crippen LogP contribution in [-0.4, -0.2) is 26.1 Å². The van der Waals surface area contributed by atoms with Crippen LogP contribution in [0.3, 0.4) is 0 Å². The van der Waals surface area contributed by atoms with E-state index in [1.165, 1.54) is 7.11 Å². The number of hydrogen-bond donors (Lipinski definition) is 1. The number of methoxy groups -OCH3 is 1. The average Bonchev–Trinajstić information content (AvgIpc) is 2.37. The Morgan fingerprint density at radius 3 is 2.83 bits per heavy atom. The molecule has 1 unspecified atom stereocenters. The molecule has 2 nitrogen and oxygen atoms in total. The molecule has 0 radical (unpaired) electrons. The number of halogens is 2. The van der Waals surface area contributed by atoms with Crippen molar-refractivity contribution in [2.24, 2.45) is 0 Å². The molecule has 18 heavy (non-hydrogen) atoms. The molecule has 100 valence electrons. The van der Waals surface area contributed by atoms with Gasteiger partial charge >= 0.3 is 0 Å². The minimum atomic E-state index is -2.71. The zero-order chi connectivity index (χ0) is 13.2. The summed E-state index contributed by atoms with van der Waals surface area (Å²) in [6, 6.07) is 5.59. The summed E-state index contributed by atoms with van der Waals surface area (Å²) in [5.74, 6) is -2.89. The molecule has 1 heterocycles. The summed E-state index contributed by atoms with van der Waals surface area (Å²) in [6.07, 6.45) is 1.28. The lowest BCUT2D eigenvalue weighted by Crippen LogP contribution is -2.44. The quantitative estimate of drug-likeness (QED) is 0.896. The van der Waals surface area contributed by atoms with Crippen LogP contribution in [0.2, 0.25) is 0 Å². The maximum absolute atomic E-state index is 14.0. The molecule has 0 saturated carbocycles. The van der Waals surface area contributed by atoms with E-state index in [0.29, 0.717) is 24.3 Å². The smallest absolute Gasteiger partial charge is 0.267 e. The number of nitrogens with one attached hydrogen (secondary N) is 1. The van der Waals surface area contributed by atoms with E-state index in [-0.39, 0.29) is 6.54 Å². The fraction of sp³-hybridized carbons (Fsp3) is 0.571. The fourth-order valence-corrected chi connectivity index (χ4v) is 2.49. The highest BCUT2D eigenvalue weighted by atomic mass is 19.3. The molecule has 0 spiro atoms. The molecule has 2 rings (SSSR count). The van der Waals surface area contributed by atoms with Gasteiger partial charge in [0.25, 0.3) is 5.92 Å². The Morgan fingerprint density at radius 1 is 1.44 bits per heavy atom. The lowest BCUT2D eigenvalue weighted by atomic mass is 9.85. The summed E-state index contributed by atoms with van der Waals surface area (Å²) in [7, 11) is 1.53. The first kappa shape index (κ1) is 13.3. The predicted octanol–water partition coefficient (Wildman–Crippen LogP) is 2.97. The molecule has 1 aliphatic heterocycles. The first-order valence-electron chi connectivity index (χ1n) is 6.34. The summed E-state index contributed by atoms with van der Waals surface area (Å²) in [4.78, 5) is 0. The summed E-state index contributed by atoms with van der Waals surface area (Å²) < 4.78 is 33.2. The van der Waals surface area contributed by atoms with Crippen molar-refractivity contribution in [3.63, 3.8) is 0 Å². The summed E-state index contributed by atoms with van der Waals surface area (Å²) in [5, 5.41) is 2.75. The van der Waals surface area contributed by atoms with Crippen LogP contribution in [0.4, 0.5) is 8.78 Å². The molecular weight excluding hydrogens is 236 g/mol. The van der Waals surface area contributed by atoms with Crippen molar-refractivity contribution in [1.29, 1.82) is 0 Å². The largest absolute Gasteiger partial charge is 0.496 e. The molecule has 1 aromatic carbocycles. The van der Waals surface area contributed by atoms with E-state index >= 15 is 0 Å². The van der Waals surface area contributed by atoms with Crippen molar-refractivity contribution in [2.75, 3.05) is 20.2 Å². The van der Waals surface area contributed by atoms with E-state index in [9.17, 15) is 8.78 Å². The molecule has 4 heteroatoms. The predicted molar refractivity (Wildman–Crippen MR) is 67.5 cm³/mol. The molecule has 1 fully saturated rings. The Kier molecular flexibility index (Phi) is 3.85. The molecule has 1 aromatic rings. The second-order valence-electron chi connectivity index (χ2n) is 4.71. The number of ether oxygens (including phenoxy) is 1. The molecule has 0 amide bonds. The van der Waals surface area contributed by atoms with Crippen molar-refractivity contribution in [3.05, 3.63) is 29.3 Å². The van der Waals surface area contributed by atoms with Gasteiger partial charge in [-0.3, -0.25) is 0 Å². The maximum Gasteiger partial charge on any atom is 0.267 e. The summed E-state index contributed by atoms with van der Waals surface area (Å²) in [5.41, 5.74) is 1.71. The van der Waals surface area contributed by atoms with Gasteiger partial charge in [0.1, 0.15) is 5.75 Å². The van der Waals surface area contributed by atoms with Gasteiger partial charge in [-0.15, -0.1) is 0 Å². The van der Waals surface area contributed by atoms with Crippen LogP contribution in [-0.2, 0) is 6.42 Å². The molecular formula is C14H19F2NO. The number of benzene rings is 1. The van der Waals surface area contributed by atoms with Crippen molar-refractivity contribution in [2.45, 2.75) is 31.6 Å². The monoisotopic (exact) mass is 255 g/mol. The van der Waals surface area contributed by atoms with Gasteiger partial charge in [0.2, 0.25) is 0 Å². The van der Waals surface area contributed by atoms with Crippen LogP contribution in [0.1, 0.15) is 30.4 Å². The highest BCUT2D eigenvalue weighted by molar-refractivity contribution is 5.41. The van der Waals surface area contributed by atoms with Crippen LogP contribution in [0, 0.1) is 0 Å². The van der Waals surface area contributed by atoms with Crippen LogP contribution in [0.15, 0.2) is 18.2 Å². The van der Waals surface area contributed by atoms with Gasteiger partial charge in [-0.2, -0.15) is 0 Å². The zero-order valence-electron chi connectivity index (χ0n) is 10.8. The lowest BCUT2D eigenvalue weighted by Gasteiger charge is -2.33. The summed E-state index contributed by atoms with van der Waals surface area (Å²) in [6.45, 7) is 2.39. The second kappa shape index (κ2) is 5.22. The van der Waals surface area contributed by atoms with E-state index in [0.717, 1.165) is 12.0 Å². The first-order valence-corrected chi connectivity index (χ1v) is 6.34. The molecule has 0 aromatic heterocycles. The van der Waals surface area contributed by atoms with Gasteiger partial charge in [-0.1, -0.05) is 19.1 Å². The van der Waals surface area contributed by atoms with E-state index in [4.69, 9.17) is 4.74 Å². The van der Waals surface area contributed by atoms with Gasteiger partial charge in [0, 0.05) is 5.56 Å². The lowest BCUT2D eigenvalue weighted by molar-refractivity contribution is -0.0426. The van der Waals surface area contributed by atoms with Crippen molar-refractivity contribution >= 4 is 0 Å². The Morgan fingerprint density at radius 2 is 2.22 bits per heavy atom. The van der Waals surface area contributed by atoms with Crippen molar-refractivity contribution in [3.8, 4) is 5.75 Å². The van der Waals surface area contributed by atoms with E-state index in [1.54, 1.807) is 6.07 Å². The highest BCUT2D eigenvalue weighted by Crippen LogP contribution is 2.41. The van der Waals surface area contributed by atoms with Crippen molar-refractivity contribution in [1.82, 2.24) is 5.32 Å². The van der Waals surface area contributed by atoms with Crippen LogP contribution < -0.4 is 10.1 Å². The average molecular weight is 255 g/mol. The third-order valence-electron chi connectivity index (χ3n) is 3.56. The van der Waals surface area contributed by atoms with E-state index in [2.05, 4.69) is 5.32 Å². The van der Waals surface area contributed by atoms with Gasteiger partial charge in [-0.25, -0.2) is 8.78 Å². The minimum Gasteiger partial charge on any atom is -0.496 e. The van der Waals surface area contributed by atoms with Crippen molar-refractivity contribution < 1.29 is 13.5 Å². The highest BCUT2D eigenvalue weighted by Gasteiger charge is 2.43. The molecule has 0 aliphatic carbocycles. The normalized spacial score (nSPS) is 22.8. The van der Waals surface area contributed by atoms with E-state index < -0.39 is 11.8 Å². The maximum atomic E-state index is 14.0. The Balaban J connectivity index is 2.41. The molecule has 0 bridgehead atoms. The molecule has 1 saturated heterocycles. The topological polar surface area (TPSA) is 21.3 Å². The second-order valence-corrected chi connectivity index (χ2v) is 4.71. The fourth-order valence-electron chi connectivity index (χ4n) is 2.49. The number of rotatable bonds is 3.